The summed E-state index contributed by atoms with van der Waals surface area (Å²) in [6.45, 7) is 5.10. The van der Waals surface area contributed by atoms with Crippen LogP contribution >= 0.6 is 12.2 Å². The maximum Gasteiger partial charge on any atom is 0.254 e. The van der Waals surface area contributed by atoms with Crippen LogP contribution in [0.4, 0.5) is 0 Å². The molecule has 0 spiro atoms. The van der Waals surface area contributed by atoms with E-state index in [1.807, 2.05) is 38.1 Å². The predicted octanol–water partition coefficient (Wildman–Crippen LogP) is 2.39. The topological polar surface area (TPSA) is 46.3 Å². The fourth-order valence-electron chi connectivity index (χ4n) is 1.92. The van der Waals surface area contributed by atoms with Crippen LogP contribution in [-0.2, 0) is 6.42 Å². The molecule has 0 aliphatic heterocycles. The van der Waals surface area contributed by atoms with Crippen LogP contribution in [0.2, 0.25) is 0 Å². The van der Waals surface area contributed by atoms with Gasteiger partial charge in [0.15, 0.2) is 0 Å². The van der Waals surface area contributed by atoms with Crippen molar-refractivity contribution in [2.24, 2.45) is 5.73 Å². The van der Waals surface area contributed by atoms with E-state index in [9.17, 15) is 4.79 Å². The Labute approximate surface area is 114 Å². The third-order valence-electron chi connectivity index (χ3n) is 2.76. The van der Waals surface area contributed by atoms with Crippen molar-refractivity contribution >= 4 is 23.1 Å². The SMILES string of the molecule is CCCN(CC(N)=S)C(=O)c1ccccc1CC. The lowest BCUT2D eigenvalue weighted by Gasteiger charge is -2.22. The zero-order chi connectivity index (χ0) is 13.5. The van der Waals surface area contributed by atoms with Crippen LogP contribution in [0.25, 0.3) is 0 Å². The largest absolute Gasteiger partial charge is 0.392 e. The summed E-state index contributed by atoms with van der Waals surface area (Å²) in [4.78, 5) is 14.5. The molecule has 0 saturated carbocycles. The highest BCUT2D eigenvalue weighted by atomic mass is 32.1. The van der Waals surface area contributed by atoms with Crippen molar-refractivity contribution in [3.63, 3.8) is 0 Å². The van der Waals surface area contributed by atoms with Gasteiger partial charge in [0.2, 0.25) is 0 Å². The molecule has 0 aliphatic carbocycles. The number of carbonyl (C=O) groups is 1. The molecule has 18 heavy (non-hydrogen) atoms. The summed E-state index contributed by atoms with van der Waals surface area (Å²) in [5, 5.41) is 0. The second kappa shape index (κ2) is 7.11. The van der Waals surface area contributed by atoms with Crippen molar-refractivity contribution in [1.29, 1.82) is 0 Å². The molecule has 0 bridgehead atoms. The van der Waals surface area contributed by atoms with Crippen molar-refractivity contribution < 1.29 is 4.79 Å². The summed E-state index contributed by atoms with van der Waals surface area (Å²) >= 11 is 4.90. The van der Waals surface area contributed by atoms with Crippen molar-refractivity contribution in [3.8, 4) is 0 Å². The van der Waals surface area contributed by atoms with Gasteiger partial charge < -0.3 is 10.6 Å². The number of nitrogens with two attached hydrogens (primary N) is 1. The highest BCUT2D eigenvalue weighted by Crippen LogP contribution is 2.12. The van der Waals surface area contributed by atoms with Gasteiger partial charge in [-0.15, -0.1) is 0 Å². The van der Waals surface area contributed by atoms with Gasteiger partial charge in [0, 0.05) is 12.1 Å². The monoisotopic (exact) mass is 264 g/mol. The molecule has 0 aliphatic rings. The molecule has 0 radical (unpaired) electrons. The van der Waals surface area contributed by atoms with Gasteiger partial charge in [-0.05, 0) is 24.5 Å². The maximum atomic E-state index is 12.5. The van der Waals surface area contributed by atoms with Crippen LogP contribution in [0.15, 0.2) is 24.3 Å². The summed E-state index contributed by atoms with van der Waals surface area (Å²) in [5.74, 6) is 0.0158. The molecule has 1 aromatic carbocycles. The maximum absolute atomic E-state index is 12.5. The molecule has 0 atom stereocenters. The summed E-state index contributed by atoms with van der Waals surface area (Å²) in [5.41, 5.74) is 7.36. The zero-order valence-corrected chi connectivity index (χ0v) is 11.8. The number of hydrogen-bond donors (Lipinski definition) is 1. The molecular weight excluding hydrogens is 244 g/mol. The molecule has 0 saturated heterocycles. The highest BCUT2D eigenvalue weighted by Gasteiger charge is 2.17. The van der Waals surface area contributed by atoms with Gasteiger partial charge in [-0.3, -0.25) is 4.79 Å². The second-order valence-corrected chi connectivity index (χ2v) is 4.73. The van der Waals surface area contributed by atoms with E-state index >= 15 is 0 Å². The van der Waals surface area contributed by atoms with Crippen molar-refractivity contribution in [2.45, 2.75) is 26.7 Å². The number of hydrogen-bond acceptors (Lipinski definition) is 2. The average Bonchev–Trinajstić information content (AvgIpc) is 2.37. The minimum atomic E-state index is 0.0158. The van der Waals surface area contributed by atoms with E-state index in [0.29, 0.717) is 18.1 Å². The Morgan fingerprint density at radius 1 is 1.33 bits per heavy atom. The highest BCUT2D eigenvalue weighted by molar-refractivity contribution is 7.80. The van der Waals surface area contributed by atoms with Gasteiger partial charge >= 0.3 is 0 Å². The quantitative estimate of drug-likeness (QED) is 0.802. The fourth-order valence-corrected chi connectivity index (χ4v) is 2.07. The van der Waals surface area contributed by atoms with Gasteiger partial charge in [-0.2, -0.15) is 0 Å². The molecule has 0 fully saturated rings. The van der Waals surface area contributed by atoms with E-state index in [2.05, 4.69) is 0 Å². The lowest BCUT2D eigenvalue weighted by Crippen LogP contribution is -2.38. The third-order valence-corrected chi connectivity index (χ3v) is 2.89. The Hall–Kier alpha value is -1.42. The molecule has 3 nitrogen and oxygen atoms in total. The van der Waals surface area contributed by atoms with Gasteiger partial charge in [0.05, 0.1) is 11.5 Å². The van der Waals surface area contributed by atoms with Crippen LogP contribution in [0, 0.1) is 0 Å². The fraction of sp³-hybridized carbons (Fsp3) is 0.429. The van der Waals surface area contributed by atoms with Crippen molar-refractivity contribution in [2.75, 3.05) is 13.1 Å². The summed E-state index contributed by atoms with van der Waals surface area (Å²) in [6, 6.07) is 7.69. The molecule has 1 aromatic rings. The number of thiocarbonyl (C=S) groups is 1. The molecule has 0 unspecified atom stereocenters. The molecule has 4 heteroatoms. The first kappa shape index (κ1) is 14.6. The summed E-state index contributed by atoms with van der Waals surface area (Å²) < 4.78 is 0. The number of nitrogens with zero attached hydrogens (tertiary/aromatic N) is 1. The predicted molar refractivity (Wildman–Crippen MR) is 78.8 cm³/mol. The van der Waals surface area contributed by atoms with Crippen LogP contribution < -0.4 is 5.73 Å². The van der Waals surface area contributed by atoms with Gasteiger partial charge in [0.25, 0.3) is 5.91 Å². The lowest BCUT2D eigenvalue weighted by molar-refractivity contribution is 0.0779. The molecule has 1 rings (SSSR count). The molecule has 2 N–H and O–H groups in total. The van der Waals surface area contributed by atoms with Gasteiger partial charge in [-0.25, -0.2) is 0 Å². The number of aryl methyl sites for hydroxylation is 1. The minimum Gasteiger partial charge on any atom is -0.392 e. The van der Waals surface area contributed by atoms with Gasteiger partial charge in [0.1, 0.15) is 0 Å². The number of rotatable bonds is 6. The van der Waals surface area contributed by atoms with E-state index in [0.717, 1.165) is 24.0 Å². The van der Waals surface area contributed by atoms with E-state index in [1.165, 1.54) is 0 Å². The van der Waals surface area contributed by atoms with Crippen molar-refractivity contribution in [3.05, 3.63) is 35.4 Å². The summed E-state index contributed by atoms with van der Waals surface area (Å²) in [6.07, 6.45) is 1.73. The van der Waals surface area contributed by atoms with E-state index in [1.54, 1.807) is 4.90 Å². The van der Waals surface area contributed by atoms with Gasteiger partial charge in [-0.1, -0.05) is 44.3 Å². The van der Waals surface area contributed by atoms with Crippen molar-refractivity contribution in [1.82, 2.24) is 4.90 Å². The lowest BCUT2D eigenvalue weighted by atomic mass is 10.0. The zero-order valence-electron chi connectivity index (χ0n) is 11.0. The van der Waals surface area contributed by atoms with Crippen LogP contribution in [0.3, 0.4) is 0 Å². The summed E-state index contributed by atoms with van der Waals surface area (Å²) in [7, 11) is 0. The first-order valence-electron chi connectivity index (χ1n) is 6.25. The first-order chi connectivity index (χ1) is 8.60. The Bertz CT molecular complexity index is 432. The Kier molecular flexibility index (Phi) is 5.78. The number of carbonyl (C=O) groups excluding carboxylic acids is 1. The molecule has 0 aromatic heterocycles. The smallest absolute Gasteiger partial charge is 0.254 e. The standard InChI is InChI=1S/C14H20N2OS/c1-3-9-16(10-13(15)18)14(17)12-8-6-5-7-11(12)4-2/h5-8H,3-4,9-10H2,1-2H3,(H2,15,18). The normalized spacial score (nSPS) is 10.1. The third kappa shape index (κ3) is 3.81. The number of benzene rings is 1. The Balaban J connectivity index is 2.97. The minimum absolute atomic E-state index is 0.0158. The van der Waals surface area contributed by atoms with Crippen LogP contribution in [0.5, 0.6) is 0 Å². The molecule has 98 valence electrons. The second-order valence-electron chi connectivity index (χ2n) is 4.20. The number of amides is 1. The molecular formula is C14H20N2OS. The van der Waals surface area contributed by atoms with Crippen LogP contribution in [0.1, 0.15) is 36.2 Å². The average molecular weight is 264 g/mol. The van der Waals surface area contributed by atoms with E-state index in [4.69, 9.17) is 18.0 Å². The molecule has 1 amide bonds. The molecule has 0 heterocycles. The van der Waals surface area contributed by atoms with Crippen LogP contribution in [-0.4, -0.2) is 28.9 Å². The first-order valence-corrected chi connectivity index (χ1v) is 6.66. The Morgan fingerprint density at radius 2 is 2.00 bits per heavy atom. The Morgan fingerprint density at radius 3 is 2.56 bits per heavy atom. The van der Waals surface area contributed by atoms with E-state index in [-0.39, 0.29) is 5.91 Å². The van der Waals surface area contributed by atoms with E-state index < -0.39 is 0 Å².